The van der Waals surface area contributed by atoms with Crippen LogP contribution in [-0.4, -0.2) is 5.11 Å². The van der Waals surface area contributed by atoms with Crippen molar-refractivity contribution in [3.05, 3.63) is 75.9 Å². The monoisotopic (exact) mass is 304 g/mol. The second kappa shape index (κ2) is 5.73. The number of hydrogen-bond donors (Lipinski definition) is 1. The van der Waals surface area contributed by atoms with E-state index >= 15 is 0 Å². The summed E-state index contributed by atoms with van der Waals surface area (Å²) >= 11 is 0. The van der Waals surface area contributed by atoms with Gasteiger partial charge in [-0.3, -0.25) is 0 Å². The predicted molar refractivity (Wildman–Crippen MR) is 97.8 cm³/mol. The minimum atomic E-state index is 0.310. The molecule has 0 atom stereocenters. The molecule has 2 aromatic carbocycles. The molecule has 0 saturated heterocycles. The van der Waals surface area contributed by atoms with Crippen molar-refractivity contribution in [2.75, 3.05) is 0 Å². The van der Waals surface area contributed by atoms with Crippen molar-refractivity contribution >= 4 is 0 Å². The van der Waals surface area contributed by atoms with E-state index in [2.05, 4.69) is 52.8 Å². The van der Waals surface area contributed by atoms with Gasteiger partial charge in [0, 0.05) is 11.5 Å². The van der Waals surface area contributed by atoms with Gasteiger partial charge in [-0.25, -0.2) is 0 Å². The third-order valence-electron chi connectivity index (χ3n) is 5.33. The van der Waals surface area contributed by atoms with Crippen LogP contribution in [0.15, 0.2) is 64.8 Å². The first-order valence-electron chi connectivity index (χ1n) is 8.16. The maximum atomic E-state index is 10.3. The fourth-order valence-electron chi connectivity index (χ4n) is 3.67. The number of rotatable bonds is 2. The van der Waals surface area contributed by atoms with Gasteiger partial charge < -0.3 is 5.11 Å². The lowest BCUT2D eigenvalue weighted by Gasteiger charge is -2.21. The van der Waals surface area contributed by atoms with Crippen molar-refractivity contribution in [3.63, 3.8) is 0 Å². The van der Waals surface area contributed by atoms with Crippen LogP contribution in [0, 0.1) is 6.92 Å². The first kappa shape index (κ1) is 15.6. The maximum Gasteiger partial charge on any atom is 0.123 e. The third kappa shape index (κ3) is 2.50. The van der Waals surface area contributed by atoms with Crippen LogP contribution in [0.2, 0.25) is 0 Å². The molecule has 3 rings (SSSR count). The predicted octanol–water partition coefficient (Wildman–Crippen LogP) is 6.14. The summed E-state index contributed by atoms with van der Waals surface area (Å²) in [6.45, 7) is 11.0. The summed E-state index contributed by atoms with van der Waals surface area (Å²) in [7, 11) is 0. The molecule has 0 amide bonds. The average Bonchev–Trinajstić information content (AvgIpc) is 2.72. The number of benzene rings is 2. The van der Waals surface area contributed by atoms with E-state index in [1.165, 1.54) is 33.4 Å². The zero-order valence-corrected chi connectivity index (χ0v) is 14.6. The van der Waals surface area contributed by atoms with Crippen LogP contribution < -0.4 is 0 Å². The van der Waals surface area contributed by atoms with E-state index < -0.39 is 0 Å². The molecule has 118 valence electrons. The highest BCUT2D eigenvalue weighted by Gasteiger charge is 2.28. The van der Waals surface area contributed by atoms with Crippen LogP contribution in [0.25, 0.3) is 11.1 Å². The molecular formula is C22H24O. The van der Waals surface area contributed by atoms with E-state index in [4.69, 9.17) is 0 Å². The Morgan fingerprint density at radius 2 is 1.35 bits per heavy atom. The second-order valence-corrected chi connectivity index (χ2v) is 6.66. The summed E-state index contributed by atoms with van der Waals surface area (Å²) in [5.74, 6) is 0.652. The first-order chi connectivity index (χ1) is 10.9. The first-order valence-corrected chi connectivity index (χ1v) is 8.16. The maximum absolute atomic E-state index is 10.3. The molecule has 1 aliphatic carbocycles. The number of aromatic hydroxyl groups is 1. The molecule has 1 nitrogen and oxygen atoms in total. The Morgan fingerprint density at radius 3 is 1.96 bits per heavy atom. The SMILES string of the molecule is CC1=C(C)C(c2ccc(C)cc2-c2ccccc2O)C(C)=C1C. The van der Waals surface area contributed by atoms with Crippen molar-refractivity contribution in [3.8, 4) is 16.9 Å². The highest BCUT2D eigenvalue weighted by atomic mass is 16.3. The van der Waals surface area contributed by atoms with Crippen molar-refractivity contribution < 1.29 is 5.11 Å². The van der Waals surface area contributed by atoms with Gasteiger partial charge in [-0.2, -0.15) is 0 Å². The number of allylic oxidation sites excluding steroid dienone is 4. The topological polar surface area (TPSA) is 20.2 Å². The lowest BCUT2D eigenvalue weighted by Crippen LogP contribution is -2.02. The molecule has 0 aromatic heterocycles. The molecule has 0 bridgehead atoms. The van der Waals surface area contributed by atoms with Crippen molar-refractivity contribution in [1.82, 2.24) is 0 Å². The van der Waals surface area contributed by atoms with E-state index in [-0.39, 0.29) is 0 Å². The Hall–Kier alpha value is -2.28. The van der Waals surface area contributed by atoms with E-state index in [0.717, 1.165) is 11.1 Å². The minimum Gasteiger partial charge on any atom is -0.507 e. The molecule has 0 spiro atoms. The average molecular weight is 304 g/mol. The summed E-state index contributed by atoms with van der Waals surface area (Å²) in [6.07, 6.45) is 0. The van der Waals surface area contributed by atoms with E-state index in [0.29, 0.717) is 11.7 Å². The third-order valence-corrected chi connectivity index (χ3v) is 5.33. The smallest absolute Gasteiger partial charge is 0.123 e. The minimum absolute atomic E-state index is 0.310. The Morgan fingerprint density at radius 1 is 0.739 bits per heavy atom. The summed E-state index contributed by atoms with van der Waals surface area (Å²) < 4.78 is 0. The molecule has 1 heteroatoms. The summed E-state index contributed by atoms with van der Waals surface area (Å²) in [5.41, 5.74) is 10.2. The van der Waals surface area contributed by atoms with Gasteiger partial charge in [-0.1, -0.05) is 53.1 Å². The summed E-state index contributed by atoms with van der Waals surface area (Å²) in [6, 6.07) is 14.2. The van der Waals surface area contributed by atoms with Crippen LogP contribution in [0.5, 0.6) is 5.75 Å². The highest BCUT2D eigenvalue weighted by molar-refractivity contribution is 5.76. The molecule has 1 N–H and O–H groups in total. The number of para-hydroxylation sites is 1. The molecule has 2 aromatic rings. The fourth-order valence-corrected chi connectivity index (χ4v) is 3.67. The number of aryl methyl sites for hydroxylation is 1. The fraction of sp³-hybridized carbons (Fsp3) is 0.273. The van der Waals surface area contributed by atoms with Gasteiger partial charge in [0.25, 0.3) is 0 Å². The molecule has 23 heavy (non-hydrogen) atoms. The van der Waals surface area contributed by atoms with Gasteiger partial charge in [-0.05, 0) is 63.0 Å². The normalized spacial score (nSPS) is 15.7. The zero-order chi connectivity index (χ0) is 16.7. The Bertz CT molecular complexity index is 813. The van der Waals surface area contributed by atoms with Gasteiger partial charge in [0.2, 0.25) is 0 Å². The lowest BCUT2D eigenvalue weighted by atomic mass is 9.83. The molecule has 0 fully saturated rings. The molecule has 0 heterocycles. The van der Waals surface area contributed by atoms with E-state index in [1.54, 1.807) is 6.07 Å². The Labute approximate surface area is 139 Å². The number of phenols is 1. The van der Waals surface area contributed by atoms with Crippen LogP contribution in [0.3, 0.4) is 0 Å². The lowest BCUT2D eigenvalue weighted by molar-refractivity contribution is 0.477. The van der Waals surface area contributed by atoms with Crippen molar-refractivity contribution in [2.24, 2.45) is 0 Å². The molecule has 0 radical (unpaired) electrons. The van der Waals surface area contributed by atoms with Gasteiger partial charge >= 0.3 is 0 Å². The zero-order valence-electron chi connectivity index (χ0n) is 14.6. The van der Waals surface area contributed by atoms with Crippen LogP contribution in [-0.2, 0) is 0 Å². The number of phenolic OH excluding ortho intramolecular Hbond substituents is 1. The van der Waals surface area contributed by atoms with Crippen LogP contribution in [0.1, 0.15) is 44.7 Å². The quantitative estimate of drug-likeness (QED) is 0.706. The summed E-state index contributed by atoms with van der Waals surface area (Å²) in [5, 5.41) is 10.3. The highest BCUT2D eigenvalue weighted by Crippen LogP contribution is 2.47. The van der Waals surface area contributed by atoms with Crippen LogP contribution in [0.4, 0.5) is 0 Å². The largest absolute Gasteiger partial charge is 0.507 e. The molecule has 0 saturated carbocycles. The van der Waals surface area contributed by atoms with Crippen LogP contribution >= 0.6 is 0 Å². The van der Waals surface area contributed by atoms with E-state index in [9.17, 15) is 5.11 Å². The van der Waals surface area contributed by atoms with Gasteiger partial charge in [-0.15, -0.1) is 0 Å². The standard InChI is InChI=1S/C22H24O/c1-13-10-11-19(22-16(4)14(2)15(3)17(22)5)20(12-13)18-8-6-7-9-21(18)23/h6-12,22-23H,1-5H3. The molecule has 0 aliphatic heterocycles. The van der Waals surface area contributed by atoms with Gasteiger partial charge in [0.1, 0.15) is 5.75 Å². The van der Waals surface area contributed by atoms with Gasteiger partial charge in [0.15, 0.2) is 0 Å². The van der Waals surface area contributed by atoms with E-state index in [1.807, 2.05) is 18.2 Å². The second-order valence-electron chi connectivity index (χ2n) is 6.66. The number of hydrogen-bond acceptors (Lipinski definition) is 1. The van der Waals surface area contributed by atoms with Crippen molar-refractivity contribution in [2.45, 2.75) is 40.5 Å². The molecular weight excluding hydrogens is 280 g/mol. The molecule has 1 aliphatic rings. The summed E-state index contributed by atoms with van der Waals surface area (Å²) in [4.78, 5) is 0. The van der Waals surface area contributed by atoms with Gasteiger partial charge in [0.05, 0.1) is 0 Å². The Balaban J connectivity index is 2.25. The molecule has 0 unspecified atom stereocenters. The Kier molecular flexibility index (Phi) is 3.89. The van der Waals surface area contributed by atoms with Crippen molar-refractivity contribution in [1.29, 1.82) is 0 Å².